The van der Waals surface area contributed by atoms with Crippen LogP contribution >= 0.6 is 11.8 Å². The monoisotopic (exact) mass is 675 g/mol. The fourth-order valence-corrected chi connectivity index (χ4v) is 10.7. The Bertz CT molecular complexity index is 1700. The van der Waals surface area contributed by atoms with E-state index in [1.54, 1.807) is 19.3 Å². The largest absolute Gasteiger partial charge is 0.392 e. The average molecular weight is 676 g/mol. The lowest BCUT2D eigenvalue weighted by molar-refractivity contribution is -0.0691. The number of benzene rings is 1. The van der Waals surface area contributed by atoms with Crippen molar-refractivity contribution in [2.24, 2.45) is 18.9 Å². The first-order valence-corrected chi connectivity index (χ1v) is 18.4. The zero-order chi connectivity index (χ0) is 32.9. The van der Waals surface area contributed by atoms with Gasteiger partial charge in [-0.25, -0.2) is 14.8 Å². The number of nitrogens with one attached hydrogen (secondary N) is 2. The number of aromatic nitrogens is 2. The number of hydrogen-bond acceptors (Lipinski definition) is 10. The Morgan fingerprint density at radius 3 is 2.71 bits per heavy atom. The summed E-state index contributed by atoms with van der Waals surface area (Å²) in [7, 11) is 1.69. The van der Waals surface area contributed by atoms with Crippen LogP contribution in [0.15, 0.2) is 47.5 Å². The summed E-state index contributed by atoms with van der Waals surface area (Å²) in [6, 6.07) is 9.53. The van der Waals surface area contributed by atoms with Gasteiger partial charge in [-0.15, -0.1) is 0 Å². The molecule has 4 aliphatic heterocycles. The van der Waals surface area contributed by atoms with Gasteiger partial charge in [-0.3, -0.25) is 9.69 Å². The van der Waals surface area contributed by atoms with Gasteiger partial charge in [-0.2, -0.15) is 11.8 Å². The van der Waals surface area contributed by atoms with Crippen molar-refractivity contribution in [3.8, 4) is 11.1 Å². The molecular weight excluding hydrogens is 630 g/mol. The summed E-state index contributed by atoms with van der Waals surface area (Å²) in [5.41, 5.74) is 7.23. The maximum absolute atomic E-state index is 15.4. The van der Waals surface area contributed by atoms with E-state index in [4.69, 9.17) is 4.74 Å². The number of thioether (sulfide) groups is 1. The molecule has 3 N–H and O–H groups in total. The fourth-order valence-electron chi connectivity index (χ4n) is 8.63. The van der Waals surface area contributed by atoms with Crippen LogP contribution in [0.5, 0.6) is 0 Å². The van der Waals surface area contributed by atoms with Crippen LogP contribution in [0.1, 0.15) is 38.2 Å². The molecule has 8 rings (SSSR count). The third-order valence-corrected chi connectivity index (χ3v) is 13.1. The zero-order valence-electron chi connectivity index (χ0n) is 27.8. The molecule has 0 bridgehead atoms. The summed E-state index contributed by atoms with van der Waals surface area (Å²) >= 11 is 2.12. The van der Waals surface area contributed by atoms with Gasteiger partial charge in [-0.05, 0) is 67.5 Å². The van der Waals surface area contributed by atoms with E-state index in [0.29, 0.717) is 57.1 Å². The van der Waals surface area contributed by atoms with E-state index in [1.807, 2.05) is 23.3 Å². The van der Waals surface area contributed by atoms with Crippen molar-refractivity contribution >= 4 is 34.6 Å². The second kappa shape index (κ2) is 13.3. The molecule has 6 heterocycles. The Balaban J connectivity index is 1.02. The number of aliphatic hydroxyl groups is 1. The van der Waals surface area contributed by atoms with Crippen LogP contribution in [0.3, 0.4) is 0 Å². The summed E-state index contributed by atoms with van der Waals surface area (Å²) in [6.07, 6.45) is 8.80. The van der Waals surface area contributed by atoms with E-state index in [1.165, 1.54) is 42.4 Å². The lowest BCUT2D eigenvalue weighted by Crippen LogP contribution is -2.59. The highest BCUT2D eigenvalue weighted by Gasteiger charge is 2.47. The van der Waals surface area contributed by atoms with Crippen LogP contribution in [0.2, 0.25) is 0 Å². The first kappa shape index (κ1) is 32.1. The fraction of sp³-hybridized carbons (Fsp3) is 0.556. The Labute approximate surface area is 285 Å². The third-order valence-electron chi connectivity index (χ3n) is 11.3. The maximum atomic E-state index is 15.4. The lowest BCUT2D eigenvalue weighted by atomic mass is 9.78. The Morgan fingerprint density at radius 2 is 1.96 bits per heavy atom. The highest BCUT2D eigenvalue weighted by molar-refractivity contribution is 8.00. The van der Waals surface area contributed by atoms with Crippen LogP contribution in [0, 0.1) is 17.7 Å². The first-order chi connectivity index (χ1) is 23.4. The molecule has 48 heavy (non-hydrogen) atoms. The second-order valence-corrected chi connectivity index (χ2v) is 15.7. The highest BCUT2D eigenvalue weighted by atomic mass is 32.2. The van der Waals surface area contributed by atoms with Crippen molar-refractivity contribution in [1.29, 1.82) is 0 Å². The van der Waals surface area contributed by atoms with E-state index in [2.05, 4.69) is 44.2 Å². The van der Waals surface area contributed by atoms with Crippen LogP contribution in [0.4, 0.5) is 27.3 Å². The van der Waals surface area contributed by atoms with Gasteiger partial charge in [-0.1, -0.05) is 12.8 Å². The smallest absolute Gasteiger partial charge is 0.274 e. The van der Waals surface area contributed by atoms with Crippen LogP contribution in [-0.4, -0.2) is 88.1 Å². The normalized spacial score (nSPS) is 27.8. The van der Waals surface area contributed by atoms with Crippen LogP contribution in [-0.2, 0) is 18.4 Å². The van der Waals surface area contributed by atoms with Crippen LogP contribution < -0.4 is 26.2 Å². The SMILES string of the molecule is CC1CN(C2COC2)CCN1c1ccc(Nc2cc(-c3cc(F)cc(N4CC5SC6CCCC[C@H]6C5CN4)c3CO)cn(C)c2=O)nc1. The number of fused-ring (bicyclic) bond motifs is 3. The Hall–Kier alpha value is -3.16. The number of anilines is 4. The van der Waals surface area contributed by atoms with Gasteiger partial charge in [0.15, 0.2) is 0 Å². The molecule has 0 amide bonds. The lowest BCUT2D eigenvalue weighted by Gasteiger charge is -2.46. The van der Waals surface area contributed by atoms with Crippen molar-refractivity contribution in [1.82, 2.24) is 19.9 Å². The van der Waals surface area contributed by atoms with Gasteiger partial charge in [0.25, 0.3) is 5.56 Å². The summed E-state index contributed by atoms with van der Waals surface area (Å²) in [6.45, 7) is 8.17. The molecule has 0 radical (unpaired) electrons. The molecular formula is C36H46FN7O3S. The predicted octanol–water partition coefficient (Wildman–Crippen LogP) is 4.35. The molecule has 12 heteroatoms. The predicted molar refractivity (Wildman–Crippen MR) is 189 cm³/mol. The third kappa shape index (κ3) is 6.00. The van der Waals surface area contributed by atoms with Gasteiger partial charge in [0.05, 0.1) is 43.4 Å². The number of halogens is 1. The van der Waals surface area contributed by atoms with Crippen molar-refractivity contribution in [3.05, 3.63) is 64.5 Å². The van der Waals surface area contributed by atoms with Crippen molar-refractivity contribution in [3.63, 3.8) is 0 Å². The van der Waals surface area contributed by atoms with E-state index >= 15 is 4.39 Å². The minimum absolute atomic E-state index is 0.222. The molecule has 256 valence electrons. The van der Waals surface area contributed by atoms with Crippen molar-refractivity contribution in [2.45, 2.75) is 61.8 Å². The quantitative estimate of drug-likeness (QED) is 0.336. The number of nitrogens with zero attached hydrogens (tertiary/aromatic N) is 5. The summed E-state index contributed by atoms with van der Waals surface area (Å²) in [5.74, 6) is 1.56. The molecule has 2 aromatic heterocycles. The number of pyridine rings is 2. The van der Waals surface area contributed by atoms with Gasteiger partial charge in [0, 0.05) is 73.6 Å². The zero-order valence-corrected chi connectivity index (χ0v) is 28.6. The average Bonchev–Trinajstić information content (AvgIpc) is 3.44. The standard InChI is InChI=1S/C36H46FN7O3S/c1-22-16-42(26-20-47-21-26)9-10-43(22)25-7-8-35(38-14-25)40-31-11-23(17-41(2)36(31)46)28-12-24(37)13-32(30(28)19-45)44-18-34-29(15-39-44)27-5-3-4-6-33(27)48-34/h7-8,11-14,17,22,26-27,29,33-34,39,45H,3-6,9-10,15-16,18-21H2,1-2H3,(H,38,40)/t22?,27-,29?,33?,34?/m0/s1. The minimum Gasteiger partial charge on any atom is -0.392 e. The number of ether oxygens (including phenoxy) is 1. The first-order valence-electron chi connectivity index (χ1n) is 17.5. The molecule has 1 aliphatic carbocycles. The maximum Gasteiger partial charge on any atom is 0.274 e. The van der Waals surface area contributed by atoms with Gasteiger partial charge >= 0.3 is 0 Å². The molecule has 1 saturated carbocycles. The van der Waals surface area contributed by atoms with Gasteiger partial charge in [0.2, 0.25) is 0 Å². The number of aryl methyl sites for hydroxylation is 1. The highest BCUT2D eigenvalue weighted by Crippen LogP contribution is 2.51. The summed E-state index contributed by atoms with van der Waals surface area (Å²) < 4.78 is 22.3. The second-order valence-electron chi connectivity index (χ2n) is 14.2. The molecule has 5 fully saturated rings. The number of hydrazine groups is 1. The number of piperazine rings is 1. The molecule has 4 saturated heterocycles. The van der Waals surface area contributed by atoms with Crippen molar-refractivity contribution < 1.29 is 14.2 Å². The van der Waals surface area contributed by atoms with Gasteiger partial charge < -0.3 is 29.6 Å². The summed E-state index contributed by atoms with van der Waals surface area (Å²) in [4.78, 5) is 22.8. The Kier molecular flexibility index (Phi) is 8.87. The van der Waals surface area contributed by atoms with E-state index in [-0.39, 0.29) is 18.0 Å². The molecule has 1 aromatic carbocycles. The number of rotatable bonds is 7. The minimum atomic E-state index is -0.384. The Morgan fingerprint density at radius 1 is 1.10 bits per heavy atom. The van der Waals surface area contributed by atoms with E-state index in [0.717, 1.165) is 62.8 Å². The van der Waals surface area contributed by atoms with E-state index < -0.39 is 0 Å². The molecule has 5 atom stereocenters. The number of hydrogen-bond donors (Lipinski definition) is 3. The molecule has 4 unspecified atom stereocenters. The van der Waals surface area contributed by atoms with E-state index in [9.17, 15) is 9.90 Å². The van der Waals surface area contributed by atoms with Crippen LogP contribution in [0.25, 0.3) is 11.1 Å². The van der Waals surface area contributed by atoms with Gasteiger partial charge in [0.1, 0.15) is 17.3 Å². The number of aliphatic hydroxyl groups excluding tert-OH is 1. The molecule has 5 aliphatic rings. The molecule has 3 aromatic rings. The molecule has 0 spiro atoms. The topological polar surface area (TPSA) is 98.1 Å². The molecule has 10 nitrogen and oxygen atoms in total. The van der Waals surface area contributed by atoms with Crippen molar-refractivity contribution in [2.75, 3.05) is 61.2 Å². The summed E-state index contributed by atoms with van der Waals surface area (Å²) in [5, 5.41) is 17.2.